The Morgan fingerprint density at radius 2 is 1.72 bits per heavy atom. The molecule has 1 unspecified atom stereocenters. The van der Waals surface area contributed by atoms with Gasteiger partial charge < -0.3 is 9.47 Å². The van der Waals surface area contributed by atoms with Gasteiger partial charge in [0, 0.05) is 17.8 Å². The molecule has 1 aliphatic rings. The van der Waals surface area contributed by atoms with Gasteiger partial charge in [0.15, 0.2) is 0 Å². The highest BCUT2D eigenvalue weighted by Gasteiger charge is 2.26. The molecule has 2 aromatic carbocycles. The van der Waals surface area contributed by atoms with Gasteiger partial charge in [-0.2, -0.15) is 0 Å². The molecule has 0 bridgehead atoms. The summed E-state index contributed by atoms with van der Waals surface area (Å²) in [7, 11) is 0. The van der Waals surface area contributed by atoms with Gasteiger partial charge in [-0.05, 0) is 35.7 Å². The van der Waals surface area contributed by atoms with Crippen LogP contribution in [0.2, 0.25) is 0 Å². The van der Waals surface area contributed by atoms with Crippen LogP contribution in [-0.4, -0.2) is 24.1 Å². The van der Waals surface area contributed by atoms with Crippen molar-refractivity contribution in [1.29, 1.82) is 0 Å². The number of halogens is 2. The third-order valence-electron chi connectivity index (χ3n) is 4.65. The Bertz CT molecular complexity index is 998. The Morgan fingerprint density at radius 3 is 2.38 bits per heavy atom. The summed E-state index contributed by atoms with van der Waals surface area (Å²) >= 11 is 0. The van der Waals surface area contributed by atoms with E-state index in [2.05, 4.69) is 9.98 Å². The van der Waals surface area contributed by atoms with Gasteiger partial charge in [0.05, 0.1) is 6.61 Å². The molecule has 4 nitrogen and oxygen atoms in total. The van der Waals surface area contributed by atoms with Crippen molar-refractivity contribution < 1.29 is 18.3 Å². The molecule has 1 aromatic heterocycles. The minimum absolute atomic E-state index is 0.00143. The van der Waals surface area contributed by atoms with Gasteiger partial charge in [-0.25, -0.2) is 18.8 Å². The van der Waals surface area contributed by atoms with Crippen LogP contribution in [0.1, 0.15) is 30.5 Å². The number of nitrogens with zero attached hydrogens (tertiary/aromatic N) is 2. The summed E-state index contributed by atoms with van der Waals surface area (Å²) in [5.41, 5.74) is 2.67. The molecule has 0 radical (unpaired) electrons. The van der Waals surface area contributed by atoms with Crippen LogP contribution in [0.4, 0.5) is 8.78 Å². The van der Waals surface area contributed by atoms with Gasteiger partial charge in [-0.15, -0.1) is 0 Å². The van der Waals surface area contributed by atoms with Crippen LogP contribution in [0, 0.1) is 11.6 Å². The summed E-state index contributed by atoms with van der Waals surface area (Å²) < 4.78 is 38.9. The lowest BCUT2D eigenvalue weighted by molar-refractivity contribution is 0.305. The smallest absolute Gasteiger partial charge is 0.222 e. The van der Waals surface area contributed by atoms with Crippen molar-refractivity contribution >= 4 is 5.90 Å². The van der Waals surface area contributed by atoms with E-state index in [1.54, 1.807) is 6.20 Å². The molecular weight excluding hydrogens is 374 g/mol. The number of ether oxygens (including phenoxy) is 2. The van der Waals surface area contributed by atoms with Crippen LogP contribution in [0.5, 0.6) is 5.88 Å². The first kappa shape index (κ1) is 19.1. The van der Waals surface area contributed by atoms with Crippen LogP contribution in [0.3, 0.4) is 0 Å². The second-order valence-corrected chi connectivity index (χ2v) is 6.71. The first-order valence-corrected chi connectivity index (χ1v) is 9.50. The van der Waals surface area contributed by atoms with Gasteiger partial charge in [-0.1, -0.05) is 37.3 Å². The monoisotopic (exact) mass is 394 g/mol. The predicted molar refractivity (Wildman–Crippen MR) is 107 cm³/mol. The SMILES string of the molecule is CCCOc1ccc(-c2ccc(C3COC(c4c(F)cccc4F)=N3)cc2)cn1. The maximum absolute atomic E-state index is 14.0. The Morgan fingerprint density at radius 1 is 1.00 bits per heavy atom. The number of aliphatic imine (C=N–C) groups is 1. The molecule has 0 fully saturated rings. The van der Waals surface area contributed by atoms with Gasteiger partial charge in [0.1, 0.15) is 29.8 Å². The number of aromatic nitrogens is 1. The summed E-state index contributed by atoms with van der Waals surface area (Å²) in [4.78, 5) is 8.70. The fraction of sp³-hybridized carbons (Fsp3) is 0.217. The van der Waals surface area contributed by atoms with Crippen molar-refractivity contribution in [3.05, 3.63) is 83.6 Å². The van der Waals surface area contributed by atoms with Crippen molar-refractivity contribution in [3.8, 4) is 17.0 Å². The normalized spacial score (nSPS) is 15.7. The van der Waals surface area contributed by atoms with Crippen LogP contribution in [0.15, 0.2) is 65.8 Å². The van der Waals surface area contributed by atoms with Crippen molar-refractivity contribution in [1.82, 2.24) is 4.98 Å². The van der Waals surface area contributed by atoms with Crippen molar-refractivity contribution in [2.45, 2.75) is 19.4 Å². The molecule has 0 aliphatic carbocycles. The van der Waals surface area contributed by atoms with E-state index in [0.717, 1.165) is 23.1 Å². The second kappa shape index (κ2) is 8.39. The first-order chi connectivity index (χ1) is 14.2. The summed E-state index contributed by atoms with van der Waals surface area (Å²) in [5.74, 6) is -0.753. The van der Waals surface area contributed by atoms with Crippen molar-refractivity contribution in [2.24, 2.45) is 4.99 Å². The molecular formula is C23H20F2N2O2. The lowest BCUT2D eigenvalue weighted by atomic mass is 10.0. The molecule has 0 spiro atoms. The van der Waals surface area contributed by atoms with Gasteiger partial charge in [-0.3, -0.25) is 0 Å². The minimum atomic E-state index is -0.682. The van der Waals surface area contributed by atoms with E-state index >= 15 is 0 Å². The lowest BCUT2D eigenvalue weighted by Gasteiger charge is -2.08. The standard InChI is InChI=1S/C23H20F2N2O2/c1-2-12-28-21-11-10-17(13-26-21)15-6-8-16(9-7-15)20-14-29-23(27-20)22-18(24)4-3-5-19(22)25/h3-11,13,20H,2,12,14H2,1H3. The summed E-state index contributed by atoms with van der Waals surface area (Å²) in [6, 6.07) is 15.0. The third-order valence-corrected chi connectivity index (χ3v) is 4.65. The molecule has 3 aromatic rings. The Labute approximate surface area is 167 Å². The molecule has 6 heteroatoms. The highest BCUT2D eigenvalue weighted by atomic mass is 19.1. The van der Waals surface area contributed by atoms with E-state index in [1.165, 1.54) is 18.2 Å². The molecule has 1 atom stereocenters. The quantitative estimate of drug-likeness (QED) is 0.567. The fourth-order valence-corrected chi connectivity index (χ4v) is 3.12. The molecule has 29 heavy (non-hydrogen) atoms. The molecule has 148 valence electrons. The fourth-order valence-electron chi connectivity index (χ4n) is 3.12. The predicted octanol–water partition coefficient (Wildman–Crippen LogP) is 5.33. The number of hydrogen-bond donors (Lipinski definition) is 0. The molecule has 2 heterocycles. The zero-order valence-corrected chi connectivity index (χ0v) is 15.9. The van der Waals surface area contributed by atoms with Gasteiger partial charge in [0.25, 0.3) is 0 Å². The summed E-state index contributed by atoms with van der Waals surface area (Å²) in [6.45, 7) is 2.93. The molecule has 1 aliphatic heterocycles. The van der Waals surface area contributed by atoms with Crippen molar-refractivity contribution in [2.75, 3.05) is 13.2 Å². The van der Waals surface area contributed by atoms with E-state index in [9.17, 15) is 8.78 Å². The van der Waals surface area contributed by atoms with Crippen LogP contribution in [0.25, 0.3) is 11.1 Å². The van der Waals surface area contributed by atoms with Crippen LogP contribution in [-0.2, 0) is 4.74 Å². The zero-order chi connectivity index (χ0) is 20.2. The topological polar surface area (TPSA) is 43.7 Å². The highest BCUT2D eigenvalue weighted by Crippen LogP contribution is 2.29. The van der Waals surface area contributed by atoms with E-state index in [1.807, 2.05) is 43.3 Å². The van der Waals surface area contributed by atoms with E-state index in [4.69, 9.17) is 9.47 Å². The Hall–Kier alpha value is -3.28. The summed E-state index contributed by atoms with van der Waals surface area (Å²) in [6.07, 6.45) is 2.71. The largest absolute Gasteiger partial charge is 0.478 e. The zero-order valence-electron chi connectivity index (χ0n) is 15.9. The molecule has 0 N–H and O–H groups in total. The molecule has 0 saturated carbocycles. The van der Waals surface area contributed by atoms with Gasteiger partial charge in [0.2, 0.25) is 11.8 Å². The number of benzene rings is 2. The Balaban J connectivity index is 1.50. The second-order valence-electron chi connectivity index (χ2n) is 6.71. The first-order valence-electron chi connectivity index (χ1n) is 9.50. The van der Waals surface area contributed by atoms with Crippen molar-refractivity contribution in [3.63, 3.8) is 0 Å². The number of rotatable bonds is 6. The van der Waals surface area contributed by atoms with Gasteiger partial charge >= 0.3 is 0 Å². The maximum Gasteiger partial charge on any atom is 0.222 e. The highest BCUT2D eigenvalue weighted by molar-refractivity contribution is 5.95. The Kier molecular flexibility index (Phi) is 5.51. The number of pyridine rings is 1. The average Bonchev–Trinajstić information content (AvgIpc) is 3.22. The third kappa shape index (κ3) is 4.11. The minimum Gasteiger partial charge on any atom is -0.478 e. The molecule has 0 saturated heterocycles. The number of hydrogen-bond acceptors (Lipinski definition) is 4. The van der Waals surface area contributed by atoms with E-state index < -0.39 is 11.6 Å². The van der Waals surface area contributed by atoms with E-state index in [0.29, 0.717) is 12.5 Å². The maximum atomic E-state index is 14.0. The van der Waals surface area contributed by atoms with Crippen LogP contribution < -0.4 is 4.74 Å². The molecule has 4 rings (SSSR count). The summed E-state index contributed by atoms with van der Waals surface area (Å²) in [5, 5.41) is 0. The lowest BCUT2D eigenvalue weighted by Crippen LogP contribution is -2.07. The molecule has 0 amide bonds. The van der Waals surface area contributed by atoms with Crippen LogP contribution >= 0.6 is 0 Å². The van der Waals surface area contributed by atoms with E-state index in [-0.39, 0.29) is 24.1 Å². The average molecular weight is 394 g/mol.